The molecule has 1 aliphatic heterocycles. The van der Waals surface area contributed by atoms with Crippen molar-refractivity contribution in [1.82, 2.24) is 19.1 Å². The van der Waals surface area contributed by atoms with Crippen LogP contribution in [-0.4, -0.2) is 25.2 Å². The smallest absolute Gasteiger partial charge is 0.235 e. The number of benzene rings is 6. The Bertz CT molecular complexity index is 3490. The van der Waals surface area contributed by atoms with Gasteiger partial charge in [-0.1, -0.05) is 159 Å². The molecule has 5 nitrogen and oxygen atoms in total. The van der Waals surface area contributed by atoms with Gasteiger partial charge in [0, 0.05) is 45.5 Å². The summed E-state index contributed by atoms with van der Waals surface area (Å²) < 4.78 is 11.8. The molecule has 6 aromatic carbocycles. The predicted molar refractivity (Wildman–Crippen MR) is 269 cm³/mol. The van der Waals surface area contributed by atoms with Crippen LogP contribution in [0.5, 0.6) is 0 Å². The van der Waals surface area contributed by atoms with E-state index < -0.39 is 0 Å². The SMILES string of the molecule is CCC=CC=CC1CC2=C(O1)c1c(c3ccccc3n1-c1nc(C3C=CC=CC3)c3ccccc3n1)C(c1ccc(-c3ccc4c5cc(C)ccc5n(-c5ccccc5)c4c3)cc1)C2C. The van der Waals surface area contributed by atoms with Crippen LogP contribution in [0.4, 0.5) is 0 Å². The zero-order valence-electron chi connectivity index (χ0n) is 37.0. The van der Waals surface area contributed by atoms with Gasteiger partial charge < -0.3 is 9.30 Å². The van der Waals surface area contributed by atoms with E-state index in [2.05, 4.69) is 218 Å². The fraction of sp³-hybridized carbons (Fsp3) is 0.167. The van der Waals surface area contributed by atoms with Gasteiger partial charge in [0.15, 0.2) is 0 Å². The van der Waals surface area contributed by atoms with Crippen molar-refractivity contribution < 1.29 is 4.74 Å². The number of hydrogen-bond donors (Lipinski definition) is 0. The molecule has 316 valence electrons. The second kappa shape index (κ2) is 15.9. The summed E-state index contributed by atoms with van der Waals surface area (Å²) in [7, 11) is 0. The highest BCUT2D eigenvalue weighted by Crippen LogP contribution is 2.55. The summed E-state index contributed by atoms with van der Waals surface area (Å²) in [5.41, 5.74) is 15.3. The number of aryl methyl sites for hydroxylation is 1. The average Bonchev–Trinajstić information content (AvgIpc) is 4.04. The summed E-state index contributed by atoms with van der Waals surface area (Å²) in [5.74, 6) is 2.09. The minimum Gasteiger partial charge on any atom is -0.484 e. The average molecular weight is 843 g/mol. The van der Waals surface area contributed by atoms with Crippen molar-refractivity contribution in [3.05, 3.63) is 222 Å². The van der Waals surface area contributed by atoms with E-state index in [1.807, 2.05) is 0 Å². The highest BCUT2D eigenvalue weighted by Gasteiger charge is 2.43. The molecule has 4 atom stereocenters. The Kier molecular flexibility index (Phi) is 9.59. The number of rotatable bonds is 8. The molecule has 0 saturated heterocycles. The Morgan fingerprint density at radius 3 is 2.31 bits per heavy atom. The molecule has 9 aromatic rings. The van der Waals surface area contributed by atoms with Gasteiger partial charge in [0.25, 0.3) is 0 Å². The van der Waals surface area contributed by atoms with Crippen molar-refractivity contribution in [3.8, 4) is 22.8 Å². The van der Waals surface area contributed by atoms with Gasteiger partial charge in [-0.15, -0.1) is 0 Å². The third-order valence-corrected chi connectivity index (χ3v) is 14.0. The summed E-state index contributed by atoms with van der Waals surface area (Å²) in [5, 5.41) is 4.84. The van der Waals surface area contributed by atoms with Crippen LogP contribution in [0.25, 0.3) is 72.1 Å². The molecule has 65 heavy (non-hydrogen) atoms. The van der Waals surface area contributed by atoms with E-state index >= 15 is 0 Å². The Balaban J connectivity index is 1.02. The number of fused-ring (bicyclic) bond motifs is 8. The van der Waals surface area contributed by atoms with Crippen LogP contribution in [0, 0.1) is 12.8 Å². The third kappa shape index (κ3) is 6.51. The summed E-state index contributed by atoms with van der Waals surface area (Å²) in [6.07, 6.45) is 20.1. The van der Waals surface area contributed by atoms with E-state index in [0.717, 1.165) is 58.5 Å². The molecule has 3 aliphatic rings. The Morgan fingerprint density at radius 1 is 0.692 bits per heavy atom. The summed E-state index contributed by atoms with van der Waals surface area (Å²) in [4.78, 5) is 10.9. The minimum atomic E-state index is -0.0676. The molecule has 12 rings (SSSR count). The van der Waals surface area contributed by atoms with Crippen LogP contribution in [0.1, 0.15) is 73.0 Å². The molecule has 2 aliphatic carbocycles. The Hall–Kier alpha value is -7.50. The Morgan fingerprint density at radius 2 is 1.48 bits per heavy atom. The molecule has 0 radical (unpaired) electrons. The molecule has 4 unspecified atom stereocenters. The van der Waals surface area contributed by atoms with Gasteiger partial charge >= 0.3 is 0 Å². The molecule has 0 saturated carbocycles. The first-order valence-electron chi connectivity index (χ1n) is 23.2. The normalized spacial score (nSPS) is 19.4. The number of allylic oxidation sites excluding steroid dienone is 7. The number of hydrogen-bond acceptors (Lipinski definition) is 3. The van der Waals surface area contributed by atoms with Crippen molar-refractivity contribution in [2.24, 2.45) is 5.92 Å². The first kappa shape index (κ1) is 39.1. The molecule has 3 aromatic heterocycles. The molecule has 0 N–H and O–H groups in total. The lowest BCUT2D eigenvalue weighted by molar-refractivity contribution is 0.236. The van der Waals surface area contributed by atoms with Gasteiger partial charge in [0.1, 0.15) is 11.9 Å². The van der Waals surface area contributed by atoms with Crippen molar-refractivity contribution >= 4 is 49.4 Å². The minimum absolute atomic E-state index is 0.0676. The third-order valence-electron chi connectivity index (χ3n) is 14.0. The van der Waals surface area contributed by atoms with Crippen molar-refractivity contribution in [2.45, 2.75) is 58.0 Å². The second-order valence-corrected chi connectivity index (χ2v) is 17.9. The molecule has 0 spiro atoms. The molecular weight excluding hydrogens is 793 g/mol. The van der Waals surface area contributed by atoms with Crippen molar-refractivity contribution in [3.63, 3.8) is 0 Å². The van der Waals surface area contributed by atoms with Crippen LogP contribution in [-0.2, 0) is 4.74 Å². The molecule has 0 bridgehead atoms. The van der Waals surface area contributed by atoms with E-state index in [1.165, 1.54) is 60.6 Å². The van der Waals surface area contributed by atoms with Gasteiger partial charge in [-0.3, -0.25) is 4.57 Å². The molecule has 5 heteroatoms. The number of ether oxygens (including phenoxy) is 1. The largest absolute Gasteiger partial charge is 0.484 e. The predicted octanol–water partition coefficient (Wildman–Crippen LogP) is 15.0. The van der Waals surface area contributed by atoms with E-state index in [4.69, 9.17) is 14.7 Å². The molecular formula is C60H50N4O. The van der Waals surface area contributed by atoms with Gasteiger partial charge in [-0.2, -0.15) is 0 Å². The van der Waals surface area contributed by atoms with Crippen LogP contribution in [0.15, 0.2) is 194 Å². The maximum Gasteiger partial charge on any atom is 0.235 e. The quantitative estimate of drug-likeness (QED) is 0.143. The van der Waals surface area contributed by atoms with E-state index in [0.29, 0.717) is 5.95 Å². The zero-order valence-corrected chi connectivity index (χ0v) is 37.0. The molecule has 0 fully saturated rings. The van der Waals surface area contributed by atoms with E-state index in [-0.39, 0.29) is 23.9 Å². The summed E-state index contributed by atoms with van der Waals surface area (Å²) in [6, 6.07) is 51.2. The second-order valence-electron chi connectivity index (χ2n) is 17.9. The molecule has 4 heterocycles. The first-order chi connectivity index (χ1) is 32.0. The fourth-order valence-corrected chi connectivity index (χ4v) is 10.9. The standard InChI is InChI=1S/C60H50N4O/c1-4-5-6-13-22-45-37-49-39(3)55(41-30-28-40(29-31-41)43-32-33-46-50-35-38(2)27-34-53(50)63(54(46)36-43)44-20-11-8-12-21-44)56-48-24-15-17-26-52(48)64(58(56)59(49)65-45)60-61-51-25-16-14-23-47(51)57(62-60)42-18-9-7-10-19-42/h5-18,20-36,39,42,45,55H,4,19,37H2,1-3H3. The first-order valence-corrected chi connectivity index (χ1v) is 23.2. The topological polar surface area (TPSA) is 44.9 Å². The van der Waals surface area contributed by atoms with E-state index in [1.54, 1.807) is 0 Å². The Labute approximate surface area is 380 Å². The van der Waals surface area contributed by atoms with Crippen LogP contribution >= 0.6 is 0 Å². The summed E-state index contributed by atoms with van der Waals surface area (Å²) >= 11 is 0. The highest BCUT2D eigenvalue weighted by molar-refractivity contribution is 6.10. The van der Waals surface area contributed by atoms with Crippen LogP contribution in [0.2, 0.25) is 0 Å². The highest BCUT2D eigenvalue weighted by atomic mass is 16.5. The van der Waals surface area contributed by atoms with Gasteiger partial charge in [0.05, 0.1) is 33.5 Å². The van der Waals surface area contributed by atoms with Crippen LogP contribution in [0.3, 0.4) is 0 Å². The zero-order chi connectivity index (χ0) is 43.6. The maximum absolute atomic E-state index is 7.09. The lowest BCUT2D eigenvalue weighted by atomic mass is 9.72. The van der Waals surface area contributed by atoms with E-state index in [9.17, 15) is 0 Å². The number of aromatic nitrogens is 4. The molecule has 0 amide bonds. The number of para-hydroxylation sites is 3. The lowest BCUT2D eigenvalue weighted by Crippen LogP contribution is -2.21. The van der Waals surface area contributed by atoms with Crippen LogP contribution < -0.4 is 0 Å². The summed E-state index contributed by atoms with van der Waals surface area (Å²) in [6.45, 7) is 6.74. The van der Waals surface area contributed by atoms with Gasteiger partial charge in [0.2, 0.25) is 5.95 Å². The van der Waals surface area contributed by atoms with Gasteiger partial charge in [-0.25, -0.2) is 9.97 Å². The lowest BCUT2D eigenvalue weighted by Gasteiger charge is -2.31. The monoisotopic (exact) mass is 842 g/mol. The van der Waals surface area contributed by atoms with Gasteiger partial charge in [-0.05, 0) is 102 Å². The van der Waals surface area contributed by atoms with Crippen molar-refractivity contribution in [1.29, 1.82) is 0 Å². The maximum atomic E-state index is 7.09. The number of nitrogens with zero attached hydrogens (tertiary/aromatic N) is 4. The van der Waals surface area contributed by atoms with Crippen molar-refractivity contribution in [2.75, 3.05) is 0 Å². The fourth-order valence-electron chi connectivity index (χ4n) is 10.9.